The van der Waals surface area contributed by atoms with Crippen molar-refractivity contribution in [3.8, 4) is 5.75 Å². The summed E-state index contributed by atoms with van der Waals surface area (Å²) in [5.74, 6) is 3.15. The highest BCUT2D eigenvalue weighted by molar-refractivity contribution is 7.99. The molecule has 4 aliphatic rings. The second-order valence-corrected chi connectivity index (χ2v) is 11.6. The molecule has 4 aliphatic heterocycles. The number of hydrogen-bond acceptors (Lipinski definition) is 10. The third kappa shape index (κ3) is 4.04. The molecule has 3 fully saturated rings. The molecule has 2 aromatic heterocycles. The Morgan fingerprint density at radius 2 is 2.06 bits per heavy atom. The summed E-state index contributed by atoms with van der Waals surface area (Å²) in [4.78, 5) is 19.7. The Hall–Kier alpha value is -2.14. The van der Waals surface area contributed by atoms with E-state index in [2.05, 4.69) is 28.6 Å². The number of hydrogen-bond donors (Lipinski definition) is 2. The lowest BCUT2D eigenvalue weighted by atomic mass is 9.73. The van der Waals surface area contributed by atoms with Crippen LogP contribution in [0.1, 0.15) is 38.8 Å². The maximum Gasteiger partial charge on any atom is 0.175 e. The van der Waals surface area contributed by atoms with Crippen molar-refractivity contribution in [3.63, 3.8) is 0 Å². The number of ether oxygens (including phenoxy) is 2. The zero-order valence-corrected chi connectivity index (χ0v) is 21.2. The van der Waals surface area contributed by atoms with Gasteiger partial charge in [-0.2, -0.15) is 0 Å². The average molecular weight is 499 g/mol. The number of rotatable bonds is 4. The minimum Gasteiger partial charge on any atom is -0.486 e. The standard InChI is InChI=1S/C25H34N6O3S/c1-15-9-17-13-33-21-19(3-6-27-24(21)31(17)11-15)35-20-10-28-23(18(12-32)29-20)30-7-4-25(5-8-30)14-34-16(2)22(25)26/h3,6,10,15-17,22,32H,4-5,7-9,11-14,26H2,1-2H3/t15-,16+,17+,22-/m1/s1. The van der Waals surface area contributed by atoms with Crippen molar-refractivity contribution >= 4 is 23.4 Å². The van der Waals surface area contributed by atoms with E-state index in [-0.39, 0.29) is 24.2 Å². The lowest BCUT2D eigenvalue weighted by Crippen LogP contribution is -2.51. The van der Waals surface area contributed by atoms with Gasteiger partial charge >= 0.3 is 0 Å². The van der Waals surface area contributed by atoms with E-state index in [1.54, 1.807) is 6.20 Å². The molecule has 3 saturated heterocycles. The average Bonchev–Trinajstić information content (AvgIpc) is 3.39. The van der Waals surface area contributed by atoms with E-state index in [1.165, 1.54) is 11.8 Å². The fourth-order valence-electron chi connectivity index (χ4n) is 6.16. The Morgan fingerprint density at radius 1 is 1.23 bits per heavy atom. The van der Waals surface area contributed by atoms with Crippen LogP contribution in [0.4, 0.5) is 11.6 Å². The van der Waals surface area contributed by atoms with Gasteiger partial charge in [-0.25, -0.2) is 15.0 Å². The molecule has 2 aromatic rings. The number of anilines is 2. The number of aliphatic hydroxyl groups is 1. The highest BCUT2D eigenvalue weighted by Gasteiger charge is 2.47. The van der Waals surface area contributed by atoms with Crippen LogP contribution in [0.15, 0.2) is 28.4 Å². The van der Waals surface area contributed by atoms with E-state index in [4.69, 9.17) is 25.2 Å². The number of pyridine rings is 1. The first-order valence-electron chi connectivity index (χ1n) is 12.6. The van der Waals surface area contributed by atoms with Crippen LogP contribution in [0, 0.1) is 11.3 Å². The molecule has 0 amide bonds. The Balaban J connectivity index is 1.19. The molecule has 35 heavy (non-hydrogen) atoms. The summed E-state index contributed by atoms with van der Waals surface area (Å²) in [5, 5.41) is 10.9. The Labute approximate surface area is 210 Å². The van der Waals surface area contributed by atoms with Crippen LogP contribution in [-0.2, 0) is 11.3 Å². The minimum atomic E-state index is -0.156. The second kappa shape index (κ2) is 9.06. The summed E-state index contributed by atoms with van der Waals surface area (Å²) in [7, 11) is 0. The van der Waals surface area contributed by atoms with Crippen molar-refractivity contribution in [1.82, 2.24) is 15.0 Å². The van der Waals surface area contributed by atoms with Gasteiger partial charge in [0.2, 0.25) is 0 Å². The van der Waals surface area contributed by atoms with E-state index in [0.29, 0.717) is 24.3 Å². The number of fused-ring (bicyclic) bond motifs is 3. The topological polar surface area (TPSA) is 110 Å². The molecule has 10 heteroatoms. The Kier molecular flexibility index (Phi) is 6.03. The third-order valence-electron chi connectivity index (χ3n) is 8.24. The van der Waals surface area contributed by atoms with Crippen molar-refractivity contribution < 1.29 is 14.6 Å². The maximum absolute atomic E-state index is 10.1. The van der Waals surface area contributed by atoms with Crippen LogP contribution >= 0.6 is 11.8 Å². The van der Waals surface area contributed by atoms with E-state index < -0.39 is 0 Å². The molecule has 0 radical (unpaired) electrons. The summed E-state index contributed by atoms with van der Waals surface area (Å²) >= 11 is 1.51. The number of piperidine rings is 1. The molecule has 3 N–H and O–H groups in total. The summed E-state index contributed by atoms with van der Waals surface area (Å²) in [6.07, 6.45) is 6.80. The van der Waals surface area contributed by atoms with Crippen molar-refractivity contribution in [1.29, 1.82) is 0 Å². The molecular formula is C25H34N6O3S. The molecule has 0 saturated carbocycles. The largest absolute Gasteiger partial charge is 0.486 e. The van der Waals surface area contributed by atoms with Gasteiger partial charge in [0.05, 0.1) is 36.5 Å². The van der Waals surface area contributed by atoms with Crippen LogP contribution in [0.2, 0.25) is 0 Å². The molecular weight excluding hydrogens is 464 g/mol. The third-order valence-corrected chi connectivity index (χ3v) is 9.18. The maximum atomic E-state index is 10.1. The molecule has 1 spiro atoms. The van der Waals surface area contributed by atoms with Crippen LogP contribution in [0.25, 0.3) is 0 Å². The second-order valence-electron chi connectivity index (χ2n) is 10.5. The molecule has 188 valence electrons. The fourth-order valence-corrected chi connectivity index (χ4v) is 7.02. The molecule has 6 rings (SSSR count). The Bertz CT molecular complexity index is 1090. The van der Waals surface area contributed by atoms with Crippen LogP contribution in [-0.4, -0.2) is 71.1 Å². The molecule has 4 atom stereocenters. The van der Waals surface area contributed by atoms with Gasteiger partial charge < -0.3 is 30.1 Å². The molecule has 0 bridgehead atoms. The Morgan fingerprint density at radius 3 is 2.80 bits per heavy atom. The van der Waals surface area contributed by atoms with Gasteiger partial charge in [0, 0.05) is 37.3 Å². The fraction of sp³-hybridized carbons (Fsp3) is 0.640. The predicted molar refractivity (Wildman–Crippen MR) is 134 cm³/mol. The highest BCUT2D eigenvalue weighted by Crippen LogP contribution is 2.45. The summed E-state index contributed by atoms with van der Waals surface area (Å²) in [6, 6.07) is 2.44. The molecule has 0 unspecified atom stereocenters. The summed E-state index contributed by atoms with van der Waals surface area (Å²) < 4.78 is 12.0. The number of aromatic nitrogens is 3. The van der Waals surface area contributed by atoms with Gasteiger partial charge in [-0.15, -0.1) is 0 Å². The highest BCUT2D eigenvalue weighted by atomic mass is 32.2. The zero-order chi connectivity index (χ0) is 24.2. The molecule has 0 aromatic carbocycles. The van der Waals surface area contributed by atoms with Crippen LogP contribution in [0.3, 0.4) is 0 Å². The van der Waals surface area contributed by atoms with Crippen molar-refractivity contribution in [2.45, 2.75) is 67.8 Å². The van der Waals surface area contributed by atoms with E-state index >= 15 is 0 Å². The first kappa shape index (κ1) is 23.3. The zero-order valence-electron chi connectivity index (χ0n) is 20.4. The lowest BCUT2D eigenvalue weighted by Gasteiger charge is -2.41. The van der Waals surface area contributed by atoms with Gasteiger partial charge in [0.25, 0.3) is 0 Å². The van der Waals surface area contributed by atoms with Gasteiger partial charge in [0.15, 0.2) is 17.4 Å². The quantitative estimate of drug-likeness (QED) is 0.652. The van der Waals surface area contributed by atoms with E-state index in [0.717, 1.165) is 72.8 Å². The van der Waals surface area contributed by atoms with E-state index in [9.17, 15) is 5.11 Å². The monoisotopic (exact) mass is 498 g/mol. The normalized spacial score (nSPS) is 29.3. The smallest absolute Gasteiger partial charge is 0.175 e. The summed E-state index contributed by atoms with van der Waals surface area (Å²) in [5.41, 5.74) is 7.12. The molecule has 6 heterocycles. The van der Waals surface area contributed by atoms with Crippen LogP contribution in [0.5, 0.6) is 5.75 Å². The van der Waals surface area contributed by atoms with Crippen molar-refractivity contribution in [2.24, 2.45) is 17.1 Å². The number of nitrogens with two attached hydrogens (primary N) is 1. The van der Waals surface area contributed by atoms with Gasteiger partial charge in [-0.05, 0) is 38.2 Å². The van der Waals surface area contributed by atoms with Gasteiger partial charge in [-0.1, -0.05) is 18.7 Å². The summed E-state index contributed by atoms with van der Waals surface area (Å²) in [6.45, 7) is 8.28. The lowest BCUT2D eigenvalue weighted by molar-refractivity contribution is 0.0973. The molecule has 9 nitrogen and oxygen atoms in total. The predicted octanol–water partition coefficient (Wildman–Crippen LogP) is 2.45. The van der Waals surface area contributed by atoms with Gasteiger partial charge in [0.1, 0.15) is 17.3 Å². The SMILES string of the molecule is C[C@@H]1C[C@H]2COc3c(Sc4cnc(N5CCC6(CC5)CO[C@@H](C)[C@H]6N)c(CO)n4)ccnc3N2C1. The van der Waals surface area contributed by atoms with Crippen molar-refractivity contribution in [3.05, 3.63) is 24.2 Å². The van der Waals surface area contributed by atoms with Crippen LogP contribution < -0.4 is 20.3 Å². The van der Waals surface area contributed by atoms with Gasteiger partial charge in [-0.3, -0.25) is 0 Å². The molecule has 0 aliphatic carbocycles. The minimum absolute atomic E-state index is 0.0467. The number of aliphatic hydroxyl groups excluding tert-OH is 1. The first-order valence-corrected chi connectivity index (χ1v) is 13.4. The number of nitrogens with zero attached hydrogens (tertiary/aromatic N) is 5. The first-order chi connectivity index (χ1) is 17.0. The van der Waals surface area contributed by atoms with E-state index in [1.807, 2.05) is 12.3 Å². The van der Waals surface area contributed by atoms with Crippen molar-refractivity contribution in [2.75, 3.05) is 42.6 Å².